The molecule has 2 heterocycles. The highest BCUT2D eigenvalue weighted by Gasteiger charge is 2.23. The van der Waals surface area contributed by atoms with E-state index < -0.39 is 5.97 Å². The van der Waals surface area contributed by atoms with Crippen LogP contribution in [0.1, 0.15) is 34.1 Å². The lowest BCUT2D eigenvalue weighted by Crippen LogP contribution is -2.06. The quantitative estimate of drug-likeness (QED) is 0.668. The summed E-state index contributed by atoms with van der Waals surface area (Å²) >= 11 is 1.71. The molecule has 1 aliphatic rings. The van der Waals surface area contributed by atoms with Crippen LogP contribution in [0.3, 0.4) is 0 Å². The van der Waals surface area contributed by atoms with Crippen LogP contribution in [0.25, 0.3) is 10.2 Å². The van der Waals surface area contributed by atoms with Gasteiger partial charge in [0.25, 0.3) is 0 Å². The van der Waals surface area contributed by atoms with E-state index in [1.807, 2.05) is 6.07 Å². The van der Waals surface area contributed by atoms with E-state index in [0.717, 1.165) is 29.5 Å². The van der Waals surface area contributed by atoms with E-state index in [0.29, 0.717) is 23.8 Å². The molecule has 0 radical (unpaired) electrons. The lowest BCUT2D eigenvalue weighted by molar-refractivity contribution is 0.0523. The lowest BCUT2D eigenvalue weighted by atomic mass is 10.2. The number of aryl methyl sites for hydroxylation is 2. The molecule has 6 heteroatoms. The number of aromatic nitrogens is 2. The molecule has 24 heavy (non-hydrogen) atoms. The first-order valence-corrected chi connectivity index (χ1v) is 8.79. The van der Waals surface area contributed by atoms with E-state index >= 15 is 0 Å². The standard InChI is InChI=1S/C18H16N2O3S/c1-2-22-18(21)11-6-3-4-8-13(11)23-16-15-12-7-5-9-14(12)24-17(15)20-10-19-16/h3-4,6,8,10H,2,5,7,9H2,1H3. The van der Waals surface area contributed by atoms with Crippen LogP contribution in [-0.4, -0.2) is 22.5 Å². The smallest absolute Gasteiger partial charge is 0.341 e. The molecule has 0 saturated heterocycles. The fourth-order valence-corrected chi connectivity index (χ4v) is 4.23. The zero-order chi connectivity index (χ0) is 16.5. The van der Waals surface area contributed by atoms with Crippen molar-refractivity contribution in [3.8, 4) is 11.6 Å². The molecule has 0 aliphatic heterocycles. The number of hydrogen-bond donors (Lipinski definition) is 0. The van der Waals surface area contributed by atoms with Crippen molar-refractivity contribution >= 4 is 27.5 Å². The minimum Gasteiger partial charge on any atom is -0.462 e. The summed E-state index contributed by atoms with van der Waals surface area (Å²) < 4.78 is 11.1. The number of nitrogens with zero attached hydrogens (tertiary/aromatic N) is 2. The number of esters is 1. The van der Waals surface area contributed by atoms with Crippen LogP contribution in [0.15, 0.2) is 30.6 Å². The Kier molecular flexibility index (Phi) is 3.90. The molecule has 122 valence electrons. The van der Waals surface area contributed by atoms with E-state index in [1.165, 1.54) is 16.8 Å². The van der Waals surface area contributed by atoms with Crippen molar-refractivity contribution in [2.24, 2.45) is 0 Å². The highest BCUT2D eigenvalue weighted by Crippen LogP contribution is 2.41. The highest BCUT2D eigenvalue weighted by molar-refractivity contribution is 7.18. The molecular weight excluding hydrogens is 324 g/mol. The van der Waals surface area contributed by atoms with E-state index in [4.69, 9.17) is 9.47 Å². The average molecular weight is 340 g/mol. The second-order valence-corrected chi connectivity index (χ2v) is 6.62. The van der Waals surface area contributed by atoms with Crippen molar-refractivity contribution in [1.82, 2.24) is 9.97 Å². The number of carbonyl (C=O) groups is 1. The predicted molar refractivity (Wildman–Crippen MR) is 91.9 cm³/mol. The van der Waals surface area contributed by atoms with Gasteiger partial charge >= 0.3 is 5.97 Å². The second kappa shape index (κ2) is 6.20. The Morgan fingerprint density at radius 2 is 2.12 bits per heavy atom. The van der Waals surface area contributed by atoms with Crippen molar-refractivity contribution in [3.05, 3.63) is 46.6 Å². The molecule has 0 amide bonds. The fourth-order valence-electron chi connectivity index (χ4n) is 3.01. The zero-order valence-electron chi connectivity index (χ0n) is 13.2. The number of carbonyl (C=O) groups excluding carboxylic acids is 1. The third kappa shape index (κ3) is 2.53. The highest BCUT2D eigenvalue weighted by atomic mass is 32.1. The van der Waals surface area contributed by atoms with E-state index in [-0.39, 0.29) is 0 Å². The van der Waals surface area contributed by atoms with Gasteiger partial charge in [0.1, 0.15) is 22.5 Å². The van der Waals surface area contributed by atoms with Crippen LogP contribution in [0.4, 0.5) is 0 Å². The van der Waals surface area contributed by atoms with Crippen molar-refractivity contribution in [2.75, 3.05) is 6.61 Å². The second-order valence-electron chi connectivity index (χ2n) is 5.54. The van der Waals surface area contributed by atoms with Gasteiger partial charge < -0.3 is 9.47 Å². The Bertz CT molecular complexity index is 920. The lowest BCUT2D eigenvalue weighted by Gasteiger charge is -2.10. The van der Waals surface area contributed by atoms with Crippen LogP contribution in [0.5, 0.6) is 11.6 Å². The van der Waals surface area contributed by atoms with Crippen LogP contribution in [-0.2, 0) is 17.6 Å². The first-order valence-electron chi connectivity index (χ1n) is 7.97. The summed E-state index contributed by atoms with van der Waals surface area (Å²) in [6, 6.07) is 7.07. The van der Waals surface area contributed by atoms with E-state index in [1.54, 1.807) is 36.5 Å². The molecule has 3 aromatic rings. The molecule has 1 aliphatic carbocycles. The molecule has 0 fully saturated rings. The number of hydrogen-bond acceptors (Lipinski definition) is 6. The van der Waals surface area contributed by atoms with E-state index in [9.17, 15) is 4.79 Å². The normalized spacial score (nSPS) is 13.0. The van der Waals surface area contributed by atoms with Crippen LogP contribution in [0.2, 0.25) is 0 Å². The molecule has 0 spiro atoms. The summed E-state index contributed by atoms with van der Waals surface area (Å²) in [5.74, 6) is 0.569. The van der Waals surface area contributed by atoms with Crippen LogP contribution in [0, 0.1) is 0 Å². The maximum atomic E-state index is 12.1. The average Bonchev–Trinajstić information content (AvgIpc) is 3.16. The molecule has 0 N–H and O–H groups in total. The molecule has 0 saturated carbocycles. The number of benzene rings is 1. The Balaban J connectivity index is 1.77. The van der Waals surface area contributed by atoms with Gasteiger partial charge in [0, 0.05) is 4.88 Å². The number of rotatable bonds is 4. The Morgan fingerprint density at radius 1 is 1.25 bits per heavy atom. The van der Waals surface area contributed by atoms with Gasteiger partial charge in [-0.25, -0.2) is 14.8 Å². The number of para-hydroxylation sites is 1. The molecule has 5 nitrogen and oxygen atoms in total. The molecule has 0 bridgehead atoms. The summed E-state index contributed by atoms with van der Waals surface area (Å²) in [6.07, 6.45) is 4.79. The van der Waals surface area contributed by atoms with Crippen LogP contribution < -0.4 is 4.74 Å². The molecule has 0 atom stereocenters. The van der Waals surface area contributed by atoms with Gasteiger partial charge in [-0.15, -0.1) is 11.3 Å². The molecule has 0 unspecified atom stereocenters. The number of ether oxygens (including phenoxy) is 2. The summed E-state index contributed by atoms with van der Waals surface area (Å²) in [7, 11) is 0. The zero-order valence-corrected chi connectivity index (χ0v) is 14.1. The fraction of sp³-hybridized carbons (Fsp3) is 0.278. The largest absolute Gasteiger partial charge is 0.462 e. The number of thiophene rings is 1. The van der Waals surface area contributed by atoms with Crippen molar-refractivity contribution in [1.29, 1.82) is 0 Å². The molecule has 2 aromatic heterocycles. The summed E-state index contributed by atoms with van der Waals surface area (Å²) in [4.78, 5) is 23.1. The SMILES string of the molecule is CCOC(=O)c1ccccc1Oc1ncnc2sc3c(c12)CCC3. The van der Waals surface area contributed by atoms with Crippen molar-refractivity contribution < 1.29 is 14.3 Å². The predicted octanol–water partition coefficient (Wildman–Crippen LogP) is 4.15. The minimum absolute atomic E-state index is 0.322. The minimum atomic E-state index is -0.394. The van der Waals surface area contributed by atoms with Gasteiger partial charge in [-0.3, -0.25) is 0 Å². The van der Waals surface area contributed by atoms with Gasteiger partial charge in [-0.05, 0) is 43.9 Å². The van der Waals surface area contributed by atoms with Crippen LogP contribution >= 0.6 is 11.3 Å². The molecule has 1 aromatic carbocycles. The Hall–Kier alpha value is -2.47. The van der Waals surface area contributed by atoms with E-state index in [2.05, 4.69) is 9.97 Å². The van der Waals surface area contributed by atoms with Gasteiger partial charge in [0.05, 0.1) is 12.0 Å². The van der Waals surface area contributed by atoms with Gasteiger partial charge in [-0.2, -0.15) is 0 Å². The van der Waals surface area contributed by atoms with Gasteiger partial charge in [0.2, 0.25) is 5.88 Å². The van der Waals surface area contributed by atoms with Gasteiger partial charge in [-0.1, -0.05) is 12.1 Å². The summed E-state index contributed by atoms with van der Waals surface area (Å²) in [5, 5.41) is 0.980. The van der Waals surface area contributed by atoms with Gasteiger partial charge in [0.15, 0.2) is 0 Å². The first-order chi connectivity index (χ1) is 11.8. The maximum absolute atomic E-state index is 12.1. The third-order valence-corrected chi connectivity index (χ3v) is 5.26. The maximum Gasteiger partial charge on any atom is 0.341 e. The summed E-state index contributed by atoms with van der Waals surface area (Å²) in [5.41, 5.74) is 1.69. The third-order valence-electron chi connectivity index (χ3n) is 4.06. The topological polar surface area (TPSA) is 61.3 Å². The molecule has 4 rings (SSSR count). The number of fused-ring (bicyclic) bond motifs is 3. The monoisotopic (exact) mass is 340 g/mol. The van der Waals surface area contributed by atoms with Crippen molar-refractivity contribution in [3.63, 3.8) is 0 Å². The Labute approximate surface area is 143 Å². The summed E-state index contributed by atoms with van der Waals surface area (Å²) in [6.45, 7) is 2.10. The first kappa shape index (κ1) is 15.1. The van der Waals surface area contributed by atoms with Crippen molar-refractivity contribution in [2.45, 2.75) is 26.2 Å². The molecular formula is C18H16N2O3S. The Morgan fingerprint density at radius 3 is 3.00 bits per heavy atom.